The fraction of sp³-hybridized carbons (Fsp3) is 0.308. The van der Waals surface area contributed by atoms with Crippen molar-refractivity contribution in [3.63, 3.8) is 0 Å². The van der Waals surface area contributed by atoms with E-state index in [0.29, 0.717) is 0 Å². The zero-order valence-corrected chi connectivity index (χ0v) is 10.7. The molecule has 0 radical (unpaired) electrons. The summed E-state index contributed by atoms with van der Waals surface area (Å²) in [5.41, 5.74) is 3.92. The monoisotopic (exact) mass is 265 g/mol. The zero-order valence-electron chi connectivity index (χ0n) is 10.7. The van der Waals surface area contributed by atoms with Crippen molar-refractivity contribution in [1.82, 2.24) is 0 Å². The third kappa shape index (κ3) is 3.17. The van der Waals surface area contributed by atoms with Gasteiger partial charge < -0.3 is 15.2 Å². The van der Waals surface area contributed by atoms with Crippen LogP contribution in [0.4, 0.5) is 0 Å². The van der Waals surface area contributed by atoms with Crippen LogP contribution in [0.2, 0.25) is 0 Å². The number of ether oxygens (including phenoxy) is 2. The average Bonchev–Trinajstić information content (AvgIpc) is 2.45. The number of nitrogens with two attached hydrogens (primary N) is 1. The molecule has 102 valence electrons. The molecule has 1 aromatic carbocycles. The van der Waals surface area contributed by atoms with Crippen molar-refractivity contribution in [2.75, 3.05) is 14.2 Å². The van der Waals surface area contributed by atoms with Crippen molar-refractivity contribution in [1.29, 1.82) is 0 Å². The van der Waals surface area contributed by atoms with E-state index < -0.39 is 29.7 Å². The summed E-state index contributed by atoms with van der Waals surface area (Å²) in [5.74, 6) is -2.44. The number of esters is 2. The van der Waals surface area contributed by atoms with Gasteiger partial charge in [0.15, 0.2) is 11.3 Å². The first-order valence-electron chi connectivity index (χ1n) is 5.49. The maximum atomic E-state index is 12.3. The second kappa shape index (κ2) is 6.10. The summed E-state index contributed by atoms with van der Waals surface area (Å²) in [6.07, 6.45) is -0.579. The fourth-order valence-corrected chi connectivity index (χ4v) is 1.57. The van der Waals surface area contributed by atoms with E-state index in [0.717, 1.165) is 14.2 Å². The van der Waals surface area contributed by atoms with Crippen molar-refractivity contribution in [2.24, 2.45) is 5.73 Å². The van der Waals surface area contributed by atoms with E-state index in [2.05, 4.69) is 9.47 Å². The van der Waals surface area contributed by atoms with Gasteiger partial charge in [0.2, 0.25) is 0 Å². The molecular weight excluding hydrogens is 250 g/mol. The third-order valence-electron chi connectivity index (χ3n) is 2.64. The largest absolute Gasteiger partial charge is 0.469 e. The highest BCUT2D eigenvalue weighted by Gasteiger charge is 2.45. The number of benzene rings is 1. The predicted octanol–water partition coefficient (Wildman–Crippen LogP) is 0.303. The Labute approximate surface area is 110 Å². The van der Waals surface area contributed by atoms with Gasteiger partial charge in [0, 0.05) is 5.56 Å². The van der Waals surface area contributed by atoms with Gasteiger partial charge in [-0.25, -0.2) is 4.79 Å². The van der Waals surface area contributed by atoms with Crippen molar-refractivity contribution in [3.05, 3.63) is 35.9 Å². The molecule has 0 aliphatic rings. The number of hydrogen-bond donors (Lipinski definition) is 1. The van der Waals surface area contributed by atoms with Crippen LogP contribution < -0.4 is 5.73 Å². The quantitative estimate of drug-likeness (QED) is 0.467. The Hall–Kier alpha value is -2.21. The van der Waals surface area contributed by atoms with Gasteiger partial charge in [-0.15, -0.1) is 0 Å². The number of ketones is 1. The molecule has 1 atom stereocenters. The topological polar surface area (TPSA) is 95.7 Å². The Morgan fingerprint density at radius 2 is 1.68 bits per heavy atom. The predicted molar refractivity (Wildman–Crippen MR) is 66.3 cm³/mol. The highest BCUT2D eigenvalue weighted by Crippen LogP contribution is 2.17. The van der Waals surface area contributed by atoms with Crippen LogP contribution in [-0.4, -0.2) is 37.5 Å². The molecule has 0 spiro atoms. The van der Waals surface area contributed by atoms with E-state index in [-0.39, 0.29) is 5.56 Å². The first-order valence-corrected chi connectivity index (χ1v) is 5.49. The summed E-state index contributed by atoms with van der Waals surface area (Å²) in [6, 6.07) is 7.98. The minimum atomic E-state index is -2.08. The number of carbonyl (C=O) groups excluding carboxylic acids is 3. The van der Waals surface area contributed by atoms with E-state index in [9.17, 15) is 14.4 Å². The van der Waals surface area contributed by atoms with E-state index in [1.54, 1.807) is 18.2 Å². The second-order valence-corrected chi connectivity index (χ2v) is 3.91. The zero-order chi connectivity index (χ0) is 14.5. The van der Waals surface area contributed by atoms with Gasteiger partial charge in [-0.05, 0) is 0 Å². The Morgan fingerprint density at radius 1 is 1.11 bits per heavy atom. The average molecular weight is 265 g/mol. The van der Waals surface area contributed by atoms with Gasteiger partial charge in [0.05, 0.1) is 20.6 Å². The van der Waals surface area contributed by atoms with Gasteiger partial charge in [0.25, 0.3) is 0 Å². The van der Waals surface area contributed by atoms with Crippen LogP contribution in [0.1, 0.15) is 16.8 Å². The number of carbonyl (C=O) groups is 3. The first-order chi connectivity index (χ1) is 8.95. The molecule has 2 N–H and O–H groups in total. The number of hydrogen-bond acceptors (Lipinski definition) is 6. The summed E-state index contributed by atoms with van der Waals surface area (Å²) in [7, 11) is 2.24. The lowest BCUT2D eigenvalue weighted by molar-refractivity contribution is -0.151. The lowest BCUT2D eigenvalue weighted by Gasteiger charge is -2.23. The second-order valence-electron chi connectivity index (χ2n) is 3.91. The molecule has 6 nitrogen and oxygen atoms in total. The number of Topliss-reactive ketones (excluding diaryl/α,β-unsaturated/α-hetero) is 1. The molecule has 0 amide bonds. The molecule has 0 saturated heterocycles. The lowest BCUT2D eigenvalue weighted by atomic mass is 9.87. The molecule has 0 aliphatic carbocycles. The van der Waals surface area contributed by atoms with Crippen molar-refractivity contribution >= 4 is 17.7 Å². The van der Waals surface area contributed by atoms with Gasteiger partial charge in [0.1, 0.15) is 0 Å². The standard InChI is InChI=1S/C13H15NO5/c1-18-10(15)8-13(14,12(17)19-2)11(16)9-6-4-3-5-7-9/h3-7H,8,14H2,1-2H3/t13-/m1/s1. The molecule has 0 saturated carbocycles. The summed E-state index contributed by atoms with van der Waals surface area (Å²) in [5, 5.41) is 0. The summed E-state index contributed by atoms with van der Waals surface area (Å²) in [4.78, 5) is 35.3. The molecule has 0 bridgehead atoms. The Bertz CT molecular complexity index is 485. The van der Waals surface area contributed by atoms with Crippen LogP contribution in [-0.2, 0) is 19.1 Å². The molecule has 1 aromatic rings. The van der Waals surface area contributed by atoms with E-state index >= 15 is 0 Å². The van der Waals surface area contributed by atoms with Crippen molar-refractivity contribution in [3.8, 4) is 0 Å². The molecule has 0 fully saturated rings. The van der Waals surface area contributed by atoms with E-state index in [1.165, 1.54) is 12.1 Å². The van der Waals surface area contributed by atoms with Crippen molar-refractivity contribution in [2.45, 2.75) is 12.0 Å². The maximum absolute atomic E-state index is 12.3. The molecule has 6 heteroatoms. The molecular formula is C13H15NO5. The summed E-state index contributed by atoms with van der Waals surface area (Å²) in [6.45, 7) is 0. The lowest BCUT2D eigenvalue weighted by Crippen LogP contribution is -2.57. The molecule has 19 heavy (non-hydrogen) atoms. The van der Waals surface area contributed by atoms with Crippen LogP contribution in [0.25, 0.3) is 0 Å². The molecule has 0 heterocycles. The van der Waals surface area contributed by atoms with Gasteiger partial charge in [-0.3, -0.25) is 9.59 Å². The Balaban J connectivity index is 3.14. The smallest absolute Gasteiger partial charge is 0.334 e. The normalized spacial score (nSPS) is 13.2. The number of methoxy groups -OCH3 is 2. The summed E-state index contributed by atoms with van der Waals surface area (Å²) < 4.78 is 8.96. The van der Waals surface area contributed by atoms with Gasteiger partial charge >= 0.3 is 11.9 Å². The van der Waals surface area contributed by atoms with Crippen LogP contribution in [0.15, 0.2) is 30.3 Å². The highest BCUT2D eigenvalue weighted by atomic mass is 16.5. The summed E-state index contributed by atoms with van der Waals surface area (Å²) >= 11 is 0. The minimum absolute atomic E-state index is 0.222. The number of rotatable bonds is 5. The third-order valence-corrected chi connectivity index (χ3v) is 2.64. The van der Waals surface area contributed by atoms with Crippen LogP contribution in [0.3, 0.4) is 0 Å². The minimum Gasteiger partial charge on any atom is -0.469 e. The SMILES string of the molecule is COC(=O)C[C@](N)(C(=O)OC)C(=O)c1ccccc1. The van der Waals surface area contributed by atoms with Crippen LogP contribution >= 0.6 is 0 Å². The Kier molecular flexibility index (Phi) is 4.77. The Morgan fingerprint density at radius 3 is 2.16 bits per heavy atom. The first kappa shape index (κ1) is 14.8. The molecule has 1 rings (SSSR count). The van der Waals surface area contributed by atoms with E-state index in [1.807, 2.05) is 0 Å². The van der Waals surface area contributed by atoms with Crippen LogP contribution in [0.5, 0.6) is 0 Å². The maximum Gasteiger partial charge on any atom is 0.334 e. The molecule has 0 aliphatic heterocycles. The van der Waals surface area contributed by atoms with Gasteiger partial charge in [-0.2, -0.15) is 0 Å². The highest BCUT2D eigenvalue weighted by molar-refractivity contribution is 6.17. The van der Waals surface area contributed by atoms with E-state index in [4.69, 9.17) is 5.73 Å². The molecule has 0 unspecified atom stereocenters. The fourth-order valence-electron chi connectivity index (χ4n) is 1.57. The van der Waals surface area contributed by atoms with Crippen LogP contribution in [0, 0.1) is 0 Å². The van der Waals surface area contributed by atoms with Gasteiger partial charge in [-0.1, -0.05) is 30.3 Å². The van der Waals surface area contributed by atoms with Crippen molar-refractivity contribution < 1.29 is 23.9 Å². The molecule has 0 aromatic heterocycles.